The number of fused-ring (bicyclic) bond motifs is 1. The van der Waals surface area contributed by atoms with Gasteiger partial charge in [-0.15, -0.1) is 0 Å². The number of carbonyl (C=O) groups excluding carboxylic acids is 2. The molecule has 0 aromatic heterocycles. The molecule has 1 heterocycles. The molecule has 7 heteroatoms. The second-order valence-electron chi connectivity index (χ2n) is 8.11. The fourth-order valence-corrected chi connectivity index (χ4v) is 4.03. The van der Waals surface area contributed by atoms with E-state index in [2.05, 4.69) is 5.32 Å². The largest absolute Gasteiger partial charge is 0.454 e. The van der Waals surface area contributed by atoms with Crippen LogP contribution in [0.1, 0.15) is 30.0 Å². The van der Waals surface area contributed by atoms with Crippen molar-refractivity contribution < 1.29 is 19.1 Å². The second-order valence-corrected chi connectivity index (χ2v) is 8.55. The van der Waals surface area contributed by atoms with Crippen molar-refractivity contribution in [3.05, 3.63) is 94.5 Å². The molecule has 1 aliphatic rings. The summed E-state index contributed by atoms with van der Waals surface area (Å²) in [6, 6.07) is 22.0. The first-order chi connectivity index (χ1) is 16.5. The summed E-state index contributed by atoms with van der Waals surface area (Å²) in [4.78, 5) is 28.1. The maximum atomic E-state index is 13.5. The second kappa shape index (κ2) is 11.1. The first kappa shape index (κ1) is 23.6. The molecule has 0 spiro atoms. The lowest BCUT2D eigenvalue weighted by Crippen LogP contribution is -2.50. The molecular formula is C27H27ClN2O4. The number of hydrogen-bond acceptors (Lipinski definition) is 4. The average molecular weight is 479 g/mol. The normalized spacial score (nSPS) is 12.8. The van der Waals surface area contributed by atoms with Crippen LogP contribution in [0.4, 0.5) is 0 Å². The van der Waals surface area contributed by atoms with E-state index in [-0.39, 0.29) is 18.6 Å². The van der Waals surface area contributed by atoms with Crippen LogP contribution in [0.2, 0.25) is 5.02 Å². The van der Waals surface area contributed by atoms with Gasteiger partial charge in [0, 0.05) is 31.0 Å². The Bertz CT molecular complexity index is 1140. The maximum Gasteiger partial charge on any atom is 0.243 e. The molecule has 0 radical (unpaired) electrons. The van der Waals surface area contributed by atoms with E-state index in [0.717, 1.165) is 16.7 Å². The van der Waals surface area contributed by atoms with Crippen LogP contribution in [-0.2, 0) is 29.1 Å². The van der Waals surface area contributed by atoms with E-state index in [1.54, 1.807) is 24.0 Å². The summed E-state index contributed by atoms with van der Waals surface area (Å²) in [7, 11) is 0. The van der Waals surface area contributed by atoms with Gasteiger partial charge < -0.3 is 19.7 Å². The topological polar surface area (TPSA) is 67.9 Å². The van der Waals surface area contributed by atoms with Crippen molar-refractivity contribution in [2.45, 2.75) is 38.9 Å². The predicted octanol–water partition coefficient (Wildman–Crippen LogP) is 4.74. The van der Waals surface area contributed by atoms with Crippen molar-refractivity contribution >= 4 is 23.4 Å². The summed E-state index contributed by atoms with van der Waals surface area (Å²) in [6.07, 6.45) is 0.710. The van der Waals surface area contributed by atoms with Crippen LogP contribution in [0.15, 0.2) is 72.8 Å². The average Bonchev–Trinajstić information content (AvgIpc) is 3.34. The molecule has 3 aromatic carbocycles. The zero-order valence-corrected chi connectivity index (χ0v) is 19.8. The molecule has 2 amide bonds. The van der Waals surface area contributed by atoms with E-state index in [0.29, 0.717) is 42.5 Å². The van der Waals surface area contributed by atoms with E-state index in [1.165, 1.54) is 0 Å². The molecule has 0 saturated heterocycles. The van der Waals surface area contributed by atoms with E-state index < -0.39 is 6.04 Å². The minimum absolute atomic E-state index is 0.0888. The number of rotatable bonds is 9. The van der Waals surface area contributed by atoms with Gasteiger partial charge in [-0.25, -0.2) is 0 Å². The molecule has 34 heavy (non-hydrogen) atoms. The molecule has 6 nitrogen and oxygen atoms in total. The van der Waals surface area contributed by atoms with Crippen LogP contribution in [-0.4, -0.2) is 29.5 Å². The van der Waals surface area contributed by atoms with Gasteiger partial charge in [0.15, 0.2) is 11.5 Å². The zero-order valence-electron chi connectivity index (χ0n) is 19.0. The van der Waals surface area contributed by atoms with Crippen molar-refractivity contribution in [1.82, 2.24) is 10.2 Å². The summed E-state index contributed by atoms with van der Waals surface area (Å²) >= 11 is 6.03. The fraction of sp³-hybridized carbons (Fsp3) is 0.259. The summed E-state index contributed by atoms with van der Waals surface area (Å²) in [5, 5.41) is 3.64. The molecule has 176 valence electrons. The molecule has 1 unspecified atom stereocenters. The Morgan fingerprint density at radius 3 is 2.38 bits per heavy atom. The Labute approximate surface area is 204 Å². The monoisotopic (exact) mass is 478 g/mol. The fourth-order valence-electron chi connectivity index (χ4n) is 3.90. The number of benzene rings is 3. The lowest BCUT2D eigenvalue weighted by Gasteiger charge is -2.31. The van der Waals surface area contributed by atoms with Crippen LogP contribution in [0.5, 0.6) is 11.5 Å². The van der Waals surface area contributed by atoms with Crippen molar-refractivity contribution in [1.29, 1.82) is 0 Å². The maximum absolute atomic E-state index is 13.5. The van der Waals surface area contributed by atoms with Gasteiger partial charge >= 0.3 is 0 Å². The number of nitrogens with zero attached hydrogens (tertiary/aromatic N) is 1. The highest BCUT2D eigenvalue weighted by Gasteiger charge is 2.29. The van der Waals surface area contributed by atoms with Crippen LogP contribution >= 0.6 is 11.6 Å². The number of amides is 2. The van der Waals surface area contributed by atoms with Crippen LogP contribution in [0.25, 0.3) is 0 Å². The molecule has 1 N–H and O–H groups in total. The third-order valence-electron chi connectivity index (χ3n) is 5.74. The Morgan fingerprint density at radius 1 is 0.941 bits per heavy atom. The number of carbonyl (C=O) groups is 2. The first-order valence-electron chi connectivity index (χ1n) is 11.3. The van der Waals surface area contributed by atoms with Crippen molar-refractivity contribution in [3.8, 4) is 11.5 Å². The number of ether oxygens (including phenoxy) is 2. The first-order valence-corrected chi connectivity index (χ1v) is 11.7. The van der Waals surface area contributed by atoms with Crippen LogP contribution in [0, 0.1) is 0 Å². The summed E-state index contributed by atoms with van der Waals surface area (Å²) in [5.41, 5.74) is 2.78. The molecule has 4 rings (SSSR count). The summed E-state index contributed by atoms with van der Waals surface area (Å²) < 4.78 is 10.8. The lowest BCUT2D eigenvalue weighted by atomic mass is 10.0. The zero-order chi connectivity index (χ0) is 23.9. The minimum Gasteiger partial charge on any atom is -0.454 e. The van der Waals surface area contributed by atoms with Crippen molar-refractivity contribution in [3.63, 3.8) is 0 Å². The Kier molecular flexibility index (Phi) is 7.70. The highest BCUT2D eigenvalue weighted by atomic mass is 35.5. The standard InChI is InChI=1S/C27H27ClN2O4/c1-2-26(31)30(17-20-8-11-22(28)12-9-20)23(14-19-6-4-3-5-7-19)27(32)29-16-21-10-13-24-25(15-21)34-18-33-24/h3-13,15,23H,2,14,16-18H2,1H3,(H,29,32). The SMILES string of the molecule is CCC(=O)N(Cc1ccc(Cl)cc1)C(Cc1ccccc1)C(=O)NCc1ccc2c(c1)OCO2. The van der Waals surface area contributed by atoms with Gasteiger partial charge in [0.1, 0.15) is 6.04 Å². The predicted molar refractivity (Wildman–Crippen MR) is 131 cm³/mol. The van der Waals surface area contributed by atoms with Crippen LogP contribution in [0.3, 0.4) is 0 Å². The summed E-state index contributed by atoms with van der Waals surface area (Å²) in [6.45, 7) is 2.64. The number of nitrogens with one attached hydrogen (secondary N) is 1. The van der Waals surface area contributed by atoms with Crippen molar-refractivity contribution in [2.24, 2.45) is 0 Å². The quantitative estimate of drug-likeness (QED) is 0.482. The smallest absolute Gasteiger partial charge is 0.243 e. The molecule has 3 aromatic rings. The molecular weight excluding hydrogens is 452 g/mol. The highest BCUT2D eigenvalue weighted by molar-refractivity contribution is 6.30. The third kappa shape index (κ3) is 5.88. The Morgan fingerprint density at radius 2 is 1.65 bits per heavy atom. The highest BCUT2D eigenvalue weighted by Crippen LogP contribution is 2.32. The molecule has 1 aliphatic heterocycles. The van der Waals surface area contributed by atoms with E-state index >= 15 is 0 Å². The molecule has 0 bridgehead atoms. The van der Waals surface area contributed by atoms with Crippen molar-refractivity contribution in [2.75, 3.05) is 6.79 Å². The van der Waals surface area contributed by atoms with Crippen LogP contribution < -0.4 is 14.8 Å². The Balaban J connectivity index is 1.56. The van der Waals surface area contributed by atoms with E-state index in [9.17, 15) is 9.59 Å². The lowest BCUT2D eigenvalue weighted by molar-refractivity contribution is -0.141. The van der Waals surface area contributed by atoms with Gasteiger partial charge in [-0.3, -0.25) is 9.59 Å². The summed E-state index contributed by atoms with van der Waals surface area (Å²) in [5.74, 6) is 1.06. The van der Waals surface area contributed by atoms with Gasteiger partial charge in [-0.1, -0.05) is 67.1 Å². The Hall–Kier alpha value is -3.51. The van der Waals surface area contributed by atoms with E-state index in [4.69, 9.17) is 21.1 Å². The molecule has 0 aliphatic carbocycles. The van der Waals surface area contributed by atoms with E-state index in [1.807, 2.05) is 60.7 Å². The van der Waals surface area contributed by atoms with Gasteiger partial charge in [0.2, 0.25) is 18.6 Å². The third-order valence-corrected chi connectivity index (χ3v) is 6.00. The molecule has 0 fully saturated rings. The molecule has 1 atom stereocenters. The molecule has 0 saturated carbocycles. The number of halogens is 1. The van der Waals surface area contributed by atoms with Gasteiger partial charge in [-0.05, 0) is 41.0 Å². The number of hydrogen-bond donors (Lipinski definition) is 1. The van der Waals surface area contributed by atoms with Gasteiger partial charge in [0.25, 0.3) is 0 Å². The minimum atomic E-state index is -0.667. The van der Waals surface area contributed by atoms with Gasteiger partial charge in [0.05, 0.1) is 0 Å². The van der Waals surface area contributed by atoms with Gasteiger partial charge in [-0.2, -0.15) is 0 Å².